The molecule has 9 nitrogen and oxygen atoms in total. The number of alkyl halides is 6. The minimum absolute atomic E-state index is 0.0716. The van der Waals surface area contributed by atoms with E-state index in [1.807, 2.05) is 0 Å². The van der Waals surface area contributed by atoms with Crippen molar-refractivity contribution in [1.82, 2.24) is 19.9 Å². The third kappa shape index (κ3) is 8.58. The first-order chi connectivity index (χ1) is 17.7. The maximum absolute atomic E-state index is 12.8. The van der Waals surface area contributed by atoms with E-state index in [1.54, 1.807) is 0 Å². The van der Waals surface area contributed by atoms with E-state index in [1.165, 1.54) is 30.2 Å². The number of thiocarbonyl (C=S) groups is 1. The number of carbonyl (C=O) groups excluding carboxylic acids is 1. The third-order valence-electron chi connectivity index (χ3n) is 5.39. The molecule has 2 unspecified atom stereocenters. The summed E-state index contributed by atoms with van der Waals surface area (Å²) in [7, 11) is 0. The quantitative estimate of drug-likeness (QED) is 0.236. The van der Waals surface area contributed by atoms with E-state index < -0.39 is 36.4 Å². The number of pyridine rings is 1. The summed E-state index contributed by atoms with van der Waals surface area (Å²) in [6.07, 6.45) is -5.72. The largest absolute Gasteiger partial charge is 0.477 e. The van der Waals surface area contributed by atoms with Gasteiger partial charge in [0.25, 0.3) is 0 Å². The maximum Gasteiger partial charge on any atom is 0.434 e. The van der Waals surface area contributed by atoms with Crippen molar-refractivity contribution in [2.45, 2.75) is 25.7 Å². The van der Waals surface area contributed by atoms with Gasteiger partial charge in [-0.05, 0) is 26.0 Å². The monoisotopic (exact) mass is 563 g/mol. The Balaban J connectivity index is 1.52. The van der Waals surface area contributed by atoms with Gasteiger partial charge in [-0.2, -0.15) is 26.3 Å². The topological polar surface area (TPSA) is 116 Å². The van der Waals surface area contributed by atoms with E-state index in [4.69, 9.17) is 22.4 Å². The standard InChI is InChI=1S/C22H23F6N7O2S/c1-12(29)18(20(38)34-16-8-30-15(7-31-16)22(26,27)28)19(36)33-14-2-3-17(32-6-14)37-10-13-4-5-35(9-13)11-21(23,24)25/h2-3,6-8,13,18,29H,4-5,9-11H2,1H3,(H,33,36)(H,31,34,38). The number of ether oxygens (including phenoxy) is 1. The van der Waals surface area contributed by atoms with Crippen molar-refractivity contribution in [2.24, 2.45) is 11.8 Å². The molecule has 3 N–H and O–H groups in total. The summed E-state index contributed by atoms with van der Waals surface area (Å²) in [6, 6.07) is 2.96. The van der Waals surface area contributed by atoms with E-state index >= 15 is 0 Å². The first-order valence-electron chi connectivity index (χ1n) is 11.2. The van der Waals surface area contributed by atoms with Crippen LogP contribution in [0.25, 0.3) is 0 Å². The van der Waals surface area contributed by atoms with Gasteiger partial charge in [-0.15, -0.1) is 0 Å². The molecule has 0 aliphatic carbocycles. The number of hydrogen-bond acceptors (Lipinski definition) is 8. The van der Waals surface area contributed by atoms with Crippen LogP contribution >= 0.6 is 12.2 Å². The summed E-state index contributed by atoms with van der Waals surface area (Å²) >= 11 is 5.17. The van der Waals surface area contributed by atoms with Gasteiger partial charge in [0.2, 0.25) is 11.8 Å². The second-order valence-electron chi connectivity index (χ2n) is 8.58. The van der Waals surface area contributed by atoms with Crippen LogP contribution < -0.4 is 15.4 Å². The Morgan fingerprint density at radius 2 is 1.89 bits per heavy atom. The summed E-state index contributed by atoms with van der Waals surface area (Å²) in [4.78, 5) is 24.8. The van der Waals surface area contributed by atoms with E-state index in [0.29, 0.717) is 19.2 Å². The number of aromatic nitrogens is 3. The van der Waals surface area contributed by atoms with Gasteiger partial charge in [-0.1, -0.05) is 12.2 Å². The molecule has 0 aromatic carbocycles. The second-order valence-corrected chi connectivity index (χ2v) is 9.02. The van der Waals surface area contributed by atoms with Gasteiger partial charge in [0.15, 0.2) is 5.69 Å². The number of nitrogens with zero attached hydrogens (tertiary/aromatic N) is 4. The Bertz CT molecular complexity index is 1140. The van der Waals surface area contributed by atoms with Crippen LogP contribution in [0, 0.1) is 17.2 Å². The Morgan fingerprint density at radius 1 is 1.16 bits per heavy atom. The first-order valence-corrected chi connectivity index (χ1v) is 11.6. The predicted octanol–water partition coefficient (Wildman–Crippen LogP) is 4.19. The minimum atomic E-state index is -4.66. The molecular weight excluding hydrogens is 540 g/mol. The average molecular weight is 564 g/mol. The molecule has 1 aliphatic rings. The van der Waals surface area contributed by atoms with Crippen molar-refractivity contribution in [2.75, 3.05) is 36.9 Å². The van der Waals surface area contributed by atoms with Crippen LogP contribution in [-0.2, 0) is 11.0 Å². The number of hydrogen-bond donors (Lipinski definition) is 3. The summed E-state index contributed by atoms with van der Waals surface area (Å²) in [5.74, 6) is -1.94. The van der Waals surface area contributed by atoms with Gasteiger partial charge in [0.05, 0.1) is 42.4 Å². The summed E-state index contributed by atoms with van der Waals surface area (Å²) in [6.45, 7) is 1.17. The van der Waals surface area contributed by atoms with Gasteiger partial charge in [0.1, 0.15) is 11.7 Å². The van der Waals surface area contributed by atoms with Crippen LogP contribution in [0.2, 0.25) is 0 Å². The molecule has 0 saturated carbocycles. The summed E-state index contributed by atoms with van der Waals surface area (Å²) in [5, 5.41) is 13.0. The van der Waals surface area contributed by atoms with Crippen molar-refractivity contribution in [3.05, 3.63) is 36.4 Å². The van der Waals surface area contributed by atoms with E-state index in [2.05, 4.69) is 25.6 Å². The first kappa shape index (κ1) is 29.2. The number of amides is 1. The summed E-state index contributed by atoms with van der Waals surface area (Å²) in [5.41, 5.74) is -1.08. The van der Waals surface area contributed by atoms with Crippen molar-refractivity contribution in [3.63, 3.8) is 0 Å². The Hall–Kier alpha value is -3.40. The van der Waals surface area contributed by atoms with Crippen LogP contribution in [0.4, 0.5) is 37.8 Å². The normalized spacial score (nSPS) is 17.1. The van der Waals surface area contributed by atoms with Gasteiger partial charge < -0.3 is 20.8 Å². The molecule has 3 heterocycles. The van der Waals surface area contributed by atoms with Crippen LogP contribution in [0.1, 0.15) is 19.0 Å². The molecular formula is C22H23F6N7O2S. The lowest BCUT2D eigenvalue weighted by Crippen LogP contribution is -2.37. The number of halogens is 6. The Morgan fingerprint density at radius 3 is 2.45 bits per heavy atom. The zero-order valence-electron chi connectivity index (χ0n) is 19.9. The molecule has 206 valence electrons. The van der Waals surface area contributed by atoms with Crippen molar-refractivity contribution < 1.29 is 35.9 Å². The molecule has 16 heteroatoms. The SMILES string of the molecule is CC(=N)C(C(=O)Nc1ccc(OCC2CCN(CC(F)(F)F)C2)nc1)C(=S)Nc1cnc(C(F)(F)F)cn1. The van der Waals surface area contributed by atoms with Crippen LogP contribution in [-0.4, -0.2) is 68.9 Å². The predicted molar refractivity (Wildman–Crippen MR) is 129 cm³/mol. The molecule has 0 spiro atoms. The Labute approximate surface area is 218 Å². The molecule has 1 amide bonds. The van der Waals surface area contributed by atoms with E-state index in [0.717, 1.165) is 6.20 Å². The zero-order valence-corrected chi connectivity index (χ0v) is 20.7. The third-order valence-corrected chi connectivity index (χ3v) is 5.73. The van der Waals surface area contributed by atoms with Gasteiger partial charge >= 0.3 is 12.4 Å². The highest BCUT2D eigenvalue weighted by molar-refractivity contribution is 7.80. The highest BCUT2D eigenvalue weighted by Crippen LogP contribution is 2.27. The fraction of sp³-hybridized carbons (Fsp3) is 0.455. The zero-order chi connectivity index (χ0) is 28.1. The lowest BCUT2D eigenvalue weighted by molar-refractivity contribution is -0.144. The summed E-state index contributed by atoms with van der Waals surface area (Å²) < 4.78 is 81.1. The van der Waals surface area contributed by atoms with Gasteiger partial charge in [-0.3, -0.25) is 9.69 Å². The molecule has 3 rings (SSSR count). The number of anilines is 2. The molecule has 1 fully saturated rings. The second kappa shape index (κ2) is 12.0. The van der Waals surface area contributed by atoms with E-state index in [-0.39, 0.29) is 47.2 Å². The number of likely N-dealkylation sites (tertiary alicyclic amines) is 1. The molecule has 2 aromatic heterocycles. The molecule has 1 aliphatic heterocycles. The maximum atomic E-state index is 12.8. The highest BCUT2D eigenvalue weighted by Gasteiger charge is 2.35. The van der Waals surface area contributed by atoms with E-state index in [9.17, 15) is 31.1 Å². The lowest BCUT2D eigenvalue weighted by atomic mass is 10.0. The smallest absolute Gasteiger partial charge is 0.434 e. The number of rotatable bonds is 9. The molecule has 2 atom stereocenters. The molecule has 0 radical (unpaired) electrons. The van der Waals surface area contributed by atoms with Gasteiger partial charge in [0, 0.05) is 24.2 Å². The van der Waals surface area contributed by atoms with Crippen LogP contribution in [0.15, 0.2) is 30.7 Å². The van der Waals surface area contributed by atoms with Crippen molar-refractivity contribution in [3.8, 4) is 5.88 Å². The molecule has 2 aromatic rings. The lowest BCUT2D eigenvalue weighted by Gasteiger charge is -2.18. The van der Waals surface area contributed by atoms with Gasteiger partial charge in [-0.25, -0.2) is 15.0 Å². The Kier molecular flexibility index (Phi) is 9.19. The van der Waals surface area contributed by atoms with Crippen LogP contribution in [0.3, 0.4) is 0 Å². The molecule has 0 bridgehead atoms. The fourth-order valence-corrected chi connectivity index (χ4v) is 4.04. The average Bonchev–Trinajstić information content (AvgIpc) is 3.23. The van der Waals surface area contributed by atoms with Crippen molar-refractivity contribution in [1.29, 1.82) is 5.41 Å². The molecule has 1 saturated heterocycles. The molecule has 38 heavy (non-hydrogen) atoms. The minimum Gasteiger partial charge on any atom is -0.477 e. The van der Waals surface area contributed by atoms with Crippen molar-refractivity contribution >= 4 is 40.3 Å². The highest BCUT2D eigenvalue weighted by atomic mass is 32.1. The number of carbonyl (C=O) groups is 1. The fourth-order valence-electron chi connectivity index (χ4n) is 3.65. The van der Waals surface area contributed by atoms with Crippen LogP contribution in [0.5, 0.6) is 5.88 Å². The number of nitrogens with one attached hydrogen (secondary N) is 3.